The number of hydrogen-bond donors (Lipinski definition) is 0. The van der Waals surface area contributed by atoms with E-state index in [-0.39, 0.29) is 12.4 Å². The van der Waals surface area contributed by atoms with Crippen molar-refractivity contribution in [1.82, 2.24) is 9.30 Å². The highest BCUT2D eigenvalue weighted by molar-refractivity contribution is 5.85. The monoisotopic (exact) mass is 398 g/mol. The molecule has 152 valence electrons. The summed E-state index contributed by atoms with van der Waals surface area (Å²) >= 11 is 0. The molecule has 2 heterocycles. The average Bonchev–Trinajstić information content (AvgIpc) is 3.08. The normalized spacial score (nSPS) is 11.4. The van der Waals surface area contributed by atoms with Crippen molar-refractivity contribution in [3.63, 3.8) is 0 Å². The molecule has 0 saturated carbocycles. The van der Waals surface area contributed by atoms with Gasteiger partial charge in [-0.2, -0.15) is 0 Å². The van der Waals surface area contributed by atoms with E-state index in [4.69, 9.17) is 0 Å². The average molecular weight is 399 g/mol. The Labute approximate surface area is 177 Å². The number of nitrogens with zero attached hydrogens (tertiary/aromatic N) is 2. The first kappa shape index (κ1) is 22.5. The van der Waals surface area contributed by atoms with Gasteiger partial charge < -0.3 is 9.30 Å². The third-order valence-corrected chi connectivity index (χ3v) is 5.50. The van der Waals surface area contributed by atoms with Gasteiger partial charge in [-0.25, -0.2) is 0 Å². The minimum atomic E-state index is 0. The Morgan fingerprint density at radius 3 is 2.36 bits per heavy atom. The van der Waals surface area contributed by atoms with Gasteiger partial charge in [-0.3, -0.25) is 0 Å². The Hall–Kier alpha value is -1.77. The van der Waals surface area contributed by atoms with Crippen LogP contribution in [0.1, 0.15) is 57.6 Å². The molecule has 1 aromatic carbocycles. The van der Waals surface area contributed by atoms with Gasteiger partial charge in [0.1, 0.15) is 0 Å². The predicted octanol–water partition coefficient (Wildman–Crippen LogP) is 6.82. The Bertz CT molecular complexity index is 849. The van der Waals surface area contributed by atoms with Crippen molar-refractivity contribution < 1.29 is 0 Å². The summed E-state index contributed by atoms with van der Waals surface area (Å²) in [6.07, 6.45) is 8.07. The molecular formula is C25H35ClN2. The van der Waals surface area contributed by atoms with Crippen LogP contribution in [-0.2, 0) is 6.42 Å². The van der Waals surface area contributed by atoms with Gasteiger partial charge >= 0.3 is 0 Å². The molecule has 0 aliphatic carbocycles. The predicted molar refractivity (Wildman–Crippen MR) is 125 cm³/mol. The lowest BCUT2D eigenvalue weighted by Gasteiger charge is -2.19. The van der Waals surface area contributed by atoms with E-state index in [9.17, 15) is 0 Å². The zero-order valence-corrected chi connectivity index (χ0v) is 18.6. The van der Waals surface area contributed by atoms with Gasteiger partial charge in [0, 0.05) is 18.0 Å². The molecule has 0 amide bonds. The summed E-state index contributed by atoms with van der Waals surface area (Å²) in [7, 11) is 0. The number of aryl methyl sites for hydroxylation is 1. The number of pyridine rings is 1. The van der Waals surface area contributed by atoms with Crippen molar-refractivity contribution in [2.75, 3.05) is 19.6 Å². The van der Waals surface area contributed by atoms with Crippen LogP contribution in [0.2, 0.25) is 0 Å². The summed E-state index contributed by atoms with van der Waals surface area (Å²) in [5.74, 6) is 0.512. The topological polar surface area (TPSA) is 7.65 Å². The maximum absolute atomic E-state index is 2.55. The first-order valence-electron chi connectivity index (χ1n) is 10.5. The van der Waals surface area contributed by atoms with Crippen LogP contribution in [0.15, 0.2) is 54.9 Å². The lowest BCUT2D eigenvalue weighted by Crippen LogP contribution is -2.25. The number of aromatic nitrogens is 1. The molecule has 0 aliphatic heterocycles. The van der Waals surface area contributed by atoms with E-state index in [0.29, 0.717) is 5.92 Å². The molecule has 0 saturated heterocycles. The third-order valence-electron chi connectivity index (χ3n) is 5.50. The first-order valence-corrected chi connectivity index (χ1v) is 10.5. The van der Waals surface area contributed by atoms with Crippen molar-refractivity contribution >= 4 is 17.9 Å². The van der Waals surface area contributed by atoms with Crippen molar-refractivity contribution in [2.24, 2.45) is 0 Å². The van der Waals surface area contributed by atoms with Crippen LogP contribution in [0.5, 0.6) is 0 Å². The standard InChI is InChI=1S/C25H34N2.ClH/c1-5-16-26(6-2)17-9-10-21-12-14-22(15-13-21)25-23(20(3)4)19-27-18-8-7-11-24(25)27;/h7-8,11-15,18-20H,5-6,9-10,16-17H2,1-4H3;1H. The van der Waals surface area contributed by atoms with Gasteiger partial charge in [0.2, 0.25) is 0 Å². The second-order valence-electron chi connectivity index (χ2n) is 7.84. The molecule has 3 aromatic rings. The van der Waals surface area contributed by atoms with Crippen molar-refractivity contribution in [3.05, 3.63) is 66.0 Å². The maximum Gasteiger partial charge on any atom is 0.0531 e. The summed E-state index contributed by atoms with van der Waals surface area (Å²) in [4.78, 5) is 2.55. The van der Waals surface area contributed by atoms with Gasteiger partial charge in [-0.05, 0) is 73.6 Å². The number of fused-ring (bicyclic) bond motifs is 1. The highest BCUT2D eigenvalue weighted by Crippen LogP contribution is 2.34. The number of halogens is 1. The molecular weight excluding hydrogens is 364 g/mol. The van der Waals surface area contributed by atoms with Gasteiger partial charge in [0.25, 0.3) is 0 Å². The van der Waals surface area contributed by atoms with E-state index in [1.807, 2.05) is 0 Å². The zero-order chi connectivity index (χ0) is 19.2. The summed E-state index contributed by atoms with van der Waals surface area (Å²) in [5, 5.41) is 0. The number of benzene rings is 1. The molecule has 0 bridgehead atoms. The van der Waals surface area contributed by atoms with Gasteiger partial charge in [-0.1, -0.05) is 58.0 Å². The van der Waals surface area contributed by atoms with Crippen LogP contribution in [0.25, 0.3) is 16.6 Å². The highest BCUT2D eigenvalue weighted by Gasteiger charge is 2.14. The lowest BCUT2D eigenvalue weighted by atomic mass is 9.94. The second kappa shape index (κ2) is 10.7. The zero-order valence-electron chi connectivity index (χ0n) is 17.8. The SMILES string of the molecule is CCCN(CC)CCCc1ccc(-c2c(C(C)C)cn3ccccc23)cc1.Cl. The fourth-order valence-corrected chi connectivity index (χ4v) is 3.98. The Morgan fingerprint density at radius 2 is 1.71 bits per heavy atom. The molecule has 3 heteroatoms. The Kier molecular flexibility index (Phi) is 8.59. The second-order valence-corrected chi connectivity index (χ2v) is 7.84. The molecule has 0 unspecified atom stereocenters. The molecule has 3 rings (SSSR count). The lowest BCUT2D eigenvalue weighted by molar-refractivity contribution is 0.285. The minimum absolute atomic E-state index is 0. The largest absolute Gasteiger partial charge is 0.323 e. The highest BCUT2D eigenvalue weighted by atomic mass is 35.5. The summed E-state index contributed by atoms with van der Waals surface area (Å²) in [5.41, 5.74) is 6.88. The summed E-state index contributed by atoms with van der Waals surface area (Å²) < 4.78 is 2.26. The van der Waals surface area contributed by atoms with Crippen LogP contribution in [0.3, 0.4) is 0 Å². The van der Waals surface area contributed by atoms with Crippen LogP contribution in [0, 0.1) is 0 Å². The molecule has 0 fully saturated rings. The maximum atomic E-state index is 2.55. The van der Waals surface area contributed by atoms with Gasteiger partial charge in [0.05, 0.1) is 5.52 Å². The van der Waals surface area contributed by atoms with E-state index >= 15 is 0 Å². The molecule has 0 spiro atoms. The number of hydrogen-bond acceptors (Lipinski definition) is 1. The fraction of sp³-hybridized carbons (Fsp3) is 0.440. The quantitative estimate of drug-likeness (QED) is 0.384. The minimum Gasteiger partial charge on any atom is -0.323 e. The van der Waals surface area contributed by atoms with Crippen LogP contribution >= 0.6 is 12.4 Å². The molecule has 28 heavy (non-hydrogen) atoms. The summed E-state index contributed by atoms with van der Waals surface area (Å²) in [6.45, 7) is 12.7. The molecule has 0 atom stereocenters. The molecule has 2 aromatic heterocycles. The fourth-order valence-electron chi connectivity index (χ4n) is 3.98. The third kappa shape index (κ3) is 5.18. The summed E-state index contributed by atoms with van der Waals surface area (Å²) in [6, 6.07) is 15.7. The molecule has 0 N–H and O–H groups in total. The smallest absolute Gasteiger partial charge is 0.0531 e. The van der Waals surface area contributed by atoms with E-state index < -0.39 is 0 Å². The Balaban J connectivity index is 0.00000280. The van der Waals surface area contributed by atoms with E-state index in [1.54, 1.807) is 0 Å². The van der Waals surface area contributed by atoms with Crippen LogP contribution < -0.4 is 0 Å². The van der Waals surface area contributed by atoms with Gasteiger partial charge in [0.15, 0.2) is 0 Å². The molecule has 0 aliphatic rings. The van der Waals surface area contributed by atoms with E-state index in [2.05, 4.69) is 91.9 Å². The first-order chi connectivity index (χ1) is 13.1. The number of rotatable bonds is 9. The van der Waals surface area contributed by atoms with Crippen molar-refractivity contribution in [2.45, 2.75) is 52.9 Å². The van der Waals surface area contributed by atoms with Crippen LogP contribution in [-0.4, -0.2) is 28.9 Å². The molecule has 2 nitrogen and oxygen atoms in total. The Morgan fingerprint density at radius 1 is 0.964 bits per heavy atom. The van der Waals surface area contributed by atoms with Gasteiger partial charge in [-0.15, -0.1) is 12.4 Å². The van der Waals surface area contributed by atoms with Crippen LogP contribution in [0.4, 0.5) is 0 Å². The van der Waals surface area contributed by atoms with E-state index in [0.717, 1.165) is 13.0 Å². The van der Waals surface area contributed by atoms with E-state index in [1.165, 1.54) is 53.7 Å². The molecule has 0 radical (unpaired) electrons. The van der Waals surface area contributed by atoms with Crippen molar-refractivity contribution in [3.8, 4) is 11.1 Å². The van der Waals surface area contributed by atoms with Crippen molar-refractivity contribution in [1.29, 1.82) is 0 Å².